The molecule has 0 unspecified atom stereocenters. The third-order valence-electron chi connectivity index (χ3n) is 4.52. The highest BCUT2D eigenvalue weighted by atomic mass is 16.5. The van der Waals surface area contributed by atoms with Gasteiger partial charge in [0.1, 0.15) is 5.75 Å². The van der Waals surface area contributed by atoms with Gasteiger partial charge in [-0.2, -0.15) is 20.5 Å². The molecule has 0 fully saturated rings. The predicted molar refractivity (Wildman–Crippen MR) is 124 cm³/mol. The second-order valence-corrected chi connectivity index (χ2v) is 7.00. The number of rotatable bonds is 12. The predicted octanol–water partition coefficient (Wildman–Crippen LogP) is 8.10. The van der Waals surface area contributed by atoms with Gasteiger partial charge in [0.05, 0.1) is 29.4 Å². The molecular formula is C25H28N4O2. The molecule has 6 nitrogen and oxygen atoms in total. The third kappa shape index (κ3) is 8.48. The van der Waals surface area contributed by atoms with Crippen LogP contribution in [0.4, 0.5) is 22.7 Å². The van der Waals surface area contributed by atoms with E-state index in [0.717, 1.165) is 61.0 Å². The monoisotopic (exact) mass is 416 g/mol. The van der Waals surface area contributed by atoms with Gasteiger partial charge >= 0.3 is 0 Å². The normalized spacial score (nSPS) is 11.4. The fourth-order valence-corrected chi connectivity index (χ4v) is 2.81. The fraction of sp³-hybridized carbons (Fsp3) is 0.280. The number of ether oxygens (including phenoxy) is 2. The first-order valence-corrected chi connectivity index (χ1v) is 10.5. The van der Waals surface area contributed by atoms with E-state index in [1.54, 1.807) is 7.11 Å². The minimum Gasteiger partial charge on any atom is -0.494 e. The van der Waals surface area contributed by atoms with E-state index < -0.39 is 0 Å². The number of unbranched alkanes of at least 4 members (excludes halogenated alkanes) is 3. The quantitative estimate of drug-likeness (QED) is 0.221. The van der Waals surface area contributed by atoms with Crippen LogP contribution in [-0.4, -0.2) is 20.3 Å². The zero-order valence-electron chi connectivity index (χ0n) is 17.9. The lowest BCUT2D eigenvalue weighted by Crippen LogP contribution is -1.97. The van der Waals surface area contributed by atoms with Crippen LogP contribution in [0.2, 0.25) is 0 Å². The molecule has 3 aromatic carbocycles. The summed E-state index contributed by atoms with van der Waals surface area (Å²) in [6.07, 6.45) is 4.48. The van der Waals surface area contributed by atoms with Gasteiger partial charge < -0.3 is 9.47 Å². The molecule has 0 N–H and O–H groups in total. The summed E-state index contributed by atoms with van der Waals surface area (Å²) in [4.78, 5) is 0. The zero-order valence-corrected chi connectivity index (χ0v) is 17.9. The van der Waals surface area contributed by atoms with Crippen LogP contribution in [0.1, 0.15) is 25.7 Å². The SMILES string of the molecule is COCCCCCCOc1ccc(N=Nc2ccc(N=Nc3ccccc3)cc2)cc1. The van der Waals surface area contributed by atoms with Gasteiger partial charge in [-0.3, -0.25) is 0 Å². The van der Waals surface area contributed by atoms with Gasteiger partial charge in [0.2, 0.25) is 0 Å². The van der Waals surface area contributed by atoms with Crippen molar-refractivity contribution in [2.45, 2.75) is 25.7 Å². The molecule has 0 bridgehead atoms. The van der Waals surface area contributed by atoms with E-state index in [9.17, 15) is 0 Å². The molecule has 3 aromatic rings. The van der Waals surface area contributed by atoms with Crippen LogP contribution in [0.3, 0.4) is 0 Å². The van der Waals surface area contributed by atoms with Crippen LogP contribution < -0.4 is 4.74 Å². The Morgan fingerprint density at radius 2 is 0.968 bits per heavy atom. The topological polar surface area (TPSA) is 67.9 Å². The first-order valence-electron chi connectivity index (χ1n) is 10.5. The van der Waals surface area contributed by atoms with Crippen molar-refractivity contribution in [3.8, 4) is 5.75 Å². The number of azo groups is 2. The summed E-state index contributed by atoms with van der Waals surface area (Å²) in [5.74, 6) is 0.851. The molecule has 0 spiro atoms. The Labute approximate surface area is 183 Å². The Hall–Kier alpha value is -3.38. The van der Waals surface area contributed by atoms with Crippen molar-refractivity contribution in [2.24, 2.45) is 20.5 Å². The van der Waals surface area contributed by atoms with Crippen molar-refractivity contribution in [3.63, 3.8) is 0 Å². The van der Waals surface area contributed by atoms with Crippen molar-refractivity contribution < 1.29 is 9.47 Å². The molecular weight excluding hydrogens is 388 g/mol. The summed E-state index contributed by atoms with van der Waals surface area (Å²) in [6.45, 7) is 1.56. The van der Waals surface area contributed by atoms with E-state index in [-0.39, 0.29) is 0 Å². The molecule has 3 rings (SSSR count). The first kappa shape index (κ1) is 22.3. The van der Waals surface area contributed by atoms with Gasteiger partial charge in [-0.25, -0.2) is 0 Å². The van der Waals surface area contributed by atoms with Gasteiger partial charge in [-0.15, -0.1) is 0 Å². The van der Waals surface area contributed by atoms with Crippen LogP contribution >= 0.6 is 0 Å². The van der Waals surface area contributed by atoms with Crippen molar-refractivity contribution >= 4 is 22.7 Å². The maximum absolute atomic E-state index is 5.78. The van der Waals surface area contributed by atoms with E-state index in [1.807, 2.05) is 78.9 Å². The maximum atomic E-state index is 5.78. The van der Waals surface area contributed by atoms with Gasteiger partial charge in [-0.1, -0.05) is 24.6 Å². The molecule has 0 heterocycles. The lowest BCUT2D eigenvalue weighted by Gasteiger charge is -2.06. The molecule has 160 valence electrons. The zero-order chi connectivity index (χ0) is 21.6. The molecule has 0 saturated heterocycles. The van der Waals surface area contributed by atoms with E-state index in [2.05, 4.69) is 20.5 Å². The minimum absolute atomic E-state index is 0.724. The summed E-state index contributed by atoms with van der Waals surface area (Å²) in [5.41, 5.74) is 3.12. The smallest absolute Gasteiger partial charge is 0.119 e. The highest BCUT2D eigenvalue weighted by Crippen LogP contribution is 2.24. The molecule has 0 atom stereocenters. The highest BCUT2D eigenvalue weighted by molar-refractivity contribution is 5.48. The van der Waals surface area contributed by atoms with E-state index in [4.69, 9.17) is 9.47 Å². The summed E-state index contributed by atoms with van der Waals surface area (Å²) in [5, 5.41) is 17.0. The standard InChI is InChI=1S/C25H28N4O2/c1-30-19-7-2-3-8-20-31-25-17-15-24(16-18-25)29-28-23-13-11-22(12-14-23)27-26-21-9-5-4-6-10-21/h4-6,9-18H,2-3,7-8,19-20H2,1H3. The molecule has 0 aliphatic heterocycles. The van der Waals surface area contributed by atoms with Crippen LogP contribution in [-0.2, 0) is 4.74 Å². The highest BCUT2D eigenvalue weighted by Gasteiger charge is 1.97. The lowest BCUT2D eigenvalue weighted by molar-refractivity contribution is 0.191. The van der Waals surface area contributed by atoms with Crippen molar-refractivity contribution in [2.75, 3.05) is 20.3 Å². The summed E-state index contributed by atoms with van der Waals surface area (Å²) in [6, 6.07) is 24.8. The van der Waals surface area contributed by atoms with Gasteiger partial charge in [0.25, 0.3) is 0 Å². The Morgan fingerprint density at radius 1 is 0.516 bits per heavy atom. The maximum Gasteiger partial charge on any atom is 0.119 e. The second-order valence-electron chi connectivity index (χ2n) is 7.00. The van der Waals surface area contributed by atoms with Gasteiger partial charge in [-0.05, 0) is 79.9 Å². The Balaban J connectivity index is 1.43. The largest absolute Gasteiger partial charge is 0.494 e. The summed E-state index contributed by atoms with van der Waals surface area (Å²) >= 11 is 0. The summed E-state index contributed by atoms with van der Waals surface area (Å²) in [7, 11) is 1.74. The first-order chi connectivity index (χ1) is 15.3. The molecule has 0 aliphatic rings. The van der Waals surface area contributed by atoms with Gasteiger partial charge in [0, 0.05) is 13.7 Å². The lowest BCUT2D eigenvalue weighted by atomic mass is 10.2. The fourth-order valence-electron chi connectivity index (χ4n) is 2.81. The molecule has 0 aromatic heterocycles. The molecule has 0 amide bonds. The molecule has 0 aliphatic carbocycles. The average Bonchev–Trinajstić information content (AvgIpc) is 2.83. The van der Waals surface area contributed by atoms with E-state index in [1.165, 1.54) is 6.42 Å². The van der Waals surface area contributed by atoms with Crippen molar-refractivity contribution in [1.82, 2.24) is 0 Å². The number of benzene rings is 3. The van der Waals surface area contributed by atoms with Crippen LogP contribution in [0.5, 0.6) is 5.75 Å². The number of nitrogens with zero attached hydrogens (tertiary/aromatic N) is 4. The molecule has 0 saturated carbocycles. The summed E-state index contributed by atoms with van der Waals surface area (Å²) < 4.78 is 10.8. The average molecular weight is 417 g/mol. The van der Waals surface area contributed by atoms with E-state index in [0.29, 0.717) is 0 Å². The third-order valence-corrected chi connectivity index (χ3v) is 4.52. The second kappa shape index (κ2) is 13.0. The van der Waals surface area contributed by atoms with Crippen molar-refractivity contribution in [3.05, 3.63) is 78.9 Å². The number of methoxy groups -OCH3 is 1. The molecule has 0 radical (unpaired) electrons. The number of hydrogen-bond donors (Lipinski definition) is 0. The van der Waals surface area contributed by atoms with Crippen LogP contribution in [0.15, 0.2) is 99.3 Å². The number of hydrogen-bond acceptors (Lipinski definition) is 6. The molecule has 31 heavy (non-hydrogen) atoms. The minimum atomic E-state index is 0.724. The van der Waals surface area contributed by atoms with E-state index >= 15 is 0 Å². The Bertz CT molecular complexity index is 940. The molecule has 6 heteroatoms. The Morgan fingerprint density at radius 3 is 1.48 bits per heavy atom. The Kier molecular flexibility index (Phi) is 9.38. The van der Waals surface area contributed by atoms with Crippen LogP contribution in [0, 0.1) is 0 Å². The van der Waals surface area contributed by atoms with Crippen molar-refractivity contribution in [1.29, 1.82) is 0 Å². The van der Waals surface area contributed by atoms with Crippen LogP contribution in [0.25, 0.3) is 0 Å². The van der Waals surface area contributed by atoms with Gasteiger partial charge in [0.15, 0.2) is 0 Å².